The molecule has 0 unspecified atom stereocenters. The predicted molar refractivity (Wildman–Crippen MR) is 198 cm³/mol. The molecule has 0 aromatic heterocycles. The molecule has 1 aromatic rings. The second-order valence-corrected chi connectivity index (χ2v) is 17.6. The molecule has 0 amide bonds. The summed E-state index contributed by atoms with van der Waals surface area (Å²) in [6.45, 7) is 35.6. The fourth-order valence-corrected chi connectivity index (χ4v) is 3.88. The van der Waals surface area contributed by atoms with Gasteiger partial charge in [-0.25, -0.2) is 0 Å². The Kier molecular flexibility index (Phi) is 21.9. The van der Waals surface area contributed by atoms with Crippen molar-refractivity contribution in [2.45, 2.75) is 163 Å². The maximum Gasteiger partial charge on any atom is 0.294 e. The SMILES string of the molecule is CC(C)(C)C(=O)c1ccc(CO[N+](=O)[O-])cc1.CC(C)CC(=O)C(C)(C)C.CCC(C)(C)C(=O)C(C)(C)C.CCCCC(=O)C(C)(C)C. The quantitative estimate of drug-likeness (QED) is 0.130. The minimum atomic E-state index is -0.839. The number of ketones is 4. The molecule has 0 atom stereocenters. The van der Waals surface area contributed by atoms with Crippen LogP contribution in [0.3, 0.4) is 0 Å². The summed E-state index contributed by atoms with van der Waals surface area (Å²) < 4.78 is 0. The van der Waals surface area contributed by atoms with Crippen molar-refractivity contribution in [3.8, 4) is 0 Å². The van der Waals surface area contributed by atoms with Gasteiger partial charge in [-0.05, 0) is 24.3 Å². The standard InChI is InChI=1S/C12H15NO4.C10H20O.2C9H18O/c1-12(2,3)11(14)10-6-4-9(5-7-10)8-17-13(15)16;1-7-10(5,6)8(11)9(2,3)4;1-7(2)6-8(10)9(3,4)5;1-5-6-7-8(10)9(2,3)4/h4-7H,8H2,1-3H3;7H2,1-6H3;7H,6H2,1-5H3;5-7H2,1-4H3. The van der Waals surface area contributed by atoms with E-state index in [1.165, 1.54) is 0 Å². The molecule has 48 heavy (non-hydrogen) atoms. The lowest BCUT2D eigenvalue weighted by Gasteiger charge is -2.29. The van der Waals surface area contributed by atoms with Crippen molar-refractivity contribution >= 4 is 23.1 Å². The number of hydrogen-bond donors (Lipinski definition) is 0. The number of carbonyl (C=O) groups excluding carboxylic acids is 4. The number of Topliss-reactive ketones (excluding diaryl/α,β-unsaturated/α-hetero) is 4. The maximum atomic E-state index is 11.9. The molecule has 0 N–H and O–H groups in total. The van der Waals surface area contributed by atoms with E-state index in [0.717, 1.165) is 25.7 Å². The van der Waals surface area contributed by atoms with Crippen LogP contribution in [-0.4, -0.2) is 28.2 Å². The lowest BCUT2D eigenvalue weighted by atomic mass is 9.73. The molecule has 8 nitrogen and oxygen atoms in total. The molecule has 0 spiro atoms. The van der Waals surface area contributed by atoms with E-state index in [1.807, 2.05) is 96.9 Å². The van der Waals surface area contributed by atoms with Gasteiger partial charge in [0.15, 0.2) is 5.78 Å². The molecule has 0 saturated heterocycles. The zero-order valence-corrected chi connectivity index (χ0v) is 33.9. The number of benzene rings is 1. The number of unbranched alkanes of at least 4 members (excludes halogenated alkanes) is 1. The van der Waals surface area contributed by atoms with Crippen LogP contribution in [0.25, 0.3) is 0 Å². The lowest BCUT2D eigenvalue weighted by Crippen LogP contribution is -2.34. The van der Waals surface area contributed by atoms with E-state index in [-0.39, 0.29) is 34.1 Å². The van der Waals surface area contributed by atoms with Crippen LogP contribution in [-0.2, 0) is 25.8 Å². The van der Waals surface area contributed by atoms with E-state index in [1.54, 1.807) is 24.3 Å². The summed E-state index contributed by atoms with van der Waals surface area (Å²) in [5.74, 6) is 1.63. The van der Waals surface area contributed by atoms with Crippen molar-refractivity contribution in [1.29, 1.82) is 0 Å². The van der Waals surface area contributed by atoms with Crippen molar-refractivity contribution in [3.63, 3.8) is 0 Å². The summed E-state index contributed by atoms with van der Waals surface area (Å²) >= 11 is 0. The minimum absolute atomic E-state index is 0.0410. The van der Waals surface area contributed by atoms with Gasteiger partial charge in [0, 0.05) is 45.5 Å². The first-order valence-corrected chi connectivity index (χ1v) is 17.4. The summed E-state index contributed by atoms with van der Waals surface area (Å²) in [5, 5.41) is 9.17. The van der Waals surface area contributed by atoms with Gasteiger partial charge in [0.05, 0.1) is 0 Å². The van der Waals surface area contributed by atoms with E-state index in [4.69, 9.17) is 0 Å². The minimum Gasteiger partial charge on any atom is -0.309 e. The molecule has 0 saturated carbocycles. The summed E-state index contributed by atoms with van der Waals surface area (Å²) in [7, 11) is 0. The molecule has 0 aliphatic heterocycles. The average Bonchev–Trinajstić information content (AvgIpc) is 2.93. The zero-order chi connectivity index (χ0) is 38.9. The molecule has 0 aliphatic carbocycles. The maximum absolute atomic E-state index is 11.9. The molecular formula is C40H71NO7. The van der Waals surface area contributed by atoms with Gasteiger partial charge in [0.25, 0.3) is 5.09 Å². The molecule has 0 fully saturated rings. The predicted octanol–water partition coefficient (Wildman–Crippen LogP) is 11.1. The first-order chi connectivity index (χ1) is 21.3. The zero-order valence-electron chi connectivity index (χ0n) is 33.9. The second-order valence-electron chi connectivity index (χ2n) is 17.6. The van der Waals surface area contributed by atoms with Crippen LogP contribution in [0.15, 0.2) is 24.3 Å². The van der Waals surface area contributed by atoms with Crippen molar-refractivity contribution in [3.05, 3.63) is 45.5 Å². The van der Waals surface area contributed by atoms with E-state index in [2.05, 4.69) is 32.5 Å². The summed E-state index contributed by atoms with van der Waals surface area (Å²) in [6.07, 6.45) is 4.53. The van der Waals surface area contributed by atoms with Crippen molar-refractivity contribution < 1.29 is 29.1 Å². The third kappa shape index (κ3) is 23.4. The lowest BCUT2D eigenvalue weighted by molar-refractivity contribution is -0.763. The van der Waals surface area contributed by atoms with Crippen LogP contribution >= 0.6 is 0 Å². The van der Waals surface area contributed by atoms with Gasteiger partial charge >= 0.3 is 0 Å². The molecule has 1 rings (SSSR count). The Morgan fingerprint density at radius 2 is 1.15 bits per heavy atom. The second kappa shape index (κ2) is 21.2. The normalized spacial score (nSPS) is 11.9. The van der Waals surface area contributed by atoms with Crippen molar-refractivity contribution in [2.75, 3.05) is 0 Å². The highest BCUT2D eigenvalue weighted by Crippen LogP contribution is 2.31. The molecule has 0 heterocycles. The molecule has 0 bridgehead atoms. The topological polar surface area (TPSA) is 121 Å². The Hall–Kier alpha value is -2.90. The summed E-state index contributed by atoms with van der Waals surface area (Å²) in [5.41, 5.74) is 0.199. The Morgan fingerprint density at radius 3 is 1.40 bits per heavy atom. The van der Waals surface area contributed by atoms with Gasteiger partial charge in [-0.2, -0.15) is 0 Å². The Morgan fingerprint density at radius 1 is 0.708 bits per heavy atom. The fourth-order valence-electron chi connectivity index (χ4n) is 3.88. The van der Waals surface area contributed by atoms with Gasteiger partial charge in [-0.15, -0.1) is 10.1 Å². The van der Waals surface area contributed by atoms with E-state index in [9.17, 15) is 29.3 Å². The van der Waals surface area contributed by atoms with Crippen LogP contribution < -0.4 is 0 Å². The Labute approximate surface area is 293 Å². The molecule has 0 aliphatic rings. The fraction of sp³-hybridized carbons (Fsp3) is 0.750. The average molecular weight is 678 g/mol. The smallest absolute Gasteiger partial charge is 0.294 e. The monoisotopic (exact) mass is 678 g/mol. The number of rotatable bonds is 11. The van der Waals surface area contributed by atoms with Gasteiger partial charge in [-0.1, -0.05) is 155 Å². The van der Waals surface area contributed by atoms with E-state index in [0.29, 0.717) is 40.8 Å². The van der Waals surface area contributed by atoms with Crippen LogP contribution in [0.2, 0.25) is 0 Å². The summed E-state index contributed by atoms with van der Waals surface area (Å²) in [6, 6.07) is 6.63. The highest BCUT2D eigenvalue weighted by atomic mass is 16.9. The first-order valence-electron chi connectivity index (χ1n) is 17.4. The summed E-state index contributed by atoms with van der Waals surface area (Å²) in [4.78, 5) is 60.4. The van der Waals surface area contributed by atoms with Crippen LogP contribution in [0, 0.1) is 43.1 Å². The third-order valence-corrected chi connectivity index (χ3v) is 7.44. The Bertz CT molecular complexity index is 1130. The third-order valence-electron chi connectivity index (χ3n) is 7.44. The van der Waals surface area contributed by atoms with Crippen LogP contribution in [0.5, 0.6) is 0 Å². The van der Waals surface area contributed by atoms with E-state index < -0.39 is 10.5 Å². The first kappa shape index (κ1) is 49.5. The van der Waals surface area contributed by atoms with Gasteiger partial charge < -0.3 is 4.84 Å². The molecule has 8 heteroatoms. The number of carbonyl (C=O) groups is 4. The molecule has 278 valence electrons. The van der Waals surface area contributed by atoms with Crippen LogP contribution in [0.4, 0.5) is 0 Å². The Balaban J connectivity index is -0.000000582. The highest BCUT2D eigenvalue weighted by molar-refractivity contribution is 5.99. The van der Waals surface area contributed by atoms with Gasteiger partial charge in [-0.3, -0.25) is 19.2 Å². The molecule has 1 aromatic carbocycles. The number of hydrogen-bond acceptors (Lipinski definition) is 7. The largest absolute Gasteiger partial charge is 0.309 e. The van der Waals surface area contributed by atoms with Crippen molar-refractivity contribution in [2.24, 2.45) is 33.0 Å². The van der Waals surface area contributed by atoms with E-state index >= 15 is 0 Å². The van der Waals surface area contributed by atoms with Gasteiger partial charge in [0.1, 0.15) is 24.0 Å². The van der Waals surface area contributed by atoms with Crippen LogP contribution in [0.1, 0.15) is 173 Å². The highest BCUT2D eigenvalue weighted by Gasteiger charge is 2.34. The molecule has 0 radical (unpaired) electrons. The number of nitrogens with zero attached hydrogens (tertiary/aromatic N) is 1. The molecular weight excluding hydrogens is 606 g/mol. The van der Waals surface area contributed by atoms with Crippen molar-refractivity contribution in [1.82, 2.24) is 0 Å². The van der Waals surface area contributed by atoms with Gasteiger partial charge in [0.2, 0.25) is 0 Å².